The van der Waals surface area contributed by atoms with Crippen molar-refractivity contribution in [3.05, 3.63) is 85.1 Å². The van der Waals surface area contributed by atoms with Gasteiger partial charge in [-0.1, -0.05) is 259 Å². The van der Waals surface area contributed by atoms with Crippen molar-refractivity contribution in [3.8, 4) is 0 Å². The van der Waals surface area contributed by atoms with E-state index in [4.69, 9.17) is 0 Å². The number of unbranched alkanes of at least 4 members (excludes halogenated alkanes) is 28. The first-order valence-corrected chi connectivity index (χ1v) is 26.3. The molecule has 0 aromatic heterocycles. The number of nitrogens with one attached hydrogen (secondary N) is 1. The zero-order valence-electron chi connectivity index (χ0n) is 40.4. The Labute approximate surface area is 380 Å². The van der Waals surface area contributed by atoms with Gasteiger partial charge in [-0.3, -0.25) is 4.79 Å². The number of carbonyl (C=O) groups excluding carboxylic acids is 1. The molecule has 0 fully saturated rings. The first kappa shape index (κ1) is 58.6. The minimum atomic E-state index is -0.839. The third-order valence-electron chi connectivity index (χ3n) is 11.6. The van der Waals surface area contributed by atoms with Crippen molar-refractivity contribution in [3.63, 3.8) is 0 Å². The monoisotopic (exact) mass is 848 g/mol. The van der Waals surface area contributed by atoms with E-state index in [0.717, 1.165) is 64.2 Å². The average Bonchev–Trinajstić information content (AvgIpc) is 3.26. The number of amides is 1. The van der Waals surface area contributed by atoms with E-state index in [0.29, 0.717) is 6.42 Å². The summed E-state index contributed by atoms with van der Waals surface area (Å²) >= 11 is 0. The Morgan fingerprint density at radius 2 is 0.721 bits per heavy atom. The highest BCUT2D eigenvalue weighted by Crippen LogP contribution is 2.16. The summed E-state index contributed by atoms with van der Waals surface area (Å²) in [5, 5.41) is 23.0. The Hall–Kier alpha value is -2.43. The van der Waals surface area contributed by atoms with Crippen molar-refractivity contribution in [2.24, 2.45) is 0 Å². The molecule has 3 N–H and O–H groups in total. The fourth-order valence-corrected chi connectivity index (χ4v) is 7.65. The molecule has 0 heterocycles. The molecule has 0 bridgehead atoms. The van der Waals surface area contributed by atoms with Gasteiger partial charge in [-0.05, 0) is 70.6 Å². The topological polar surface area (TPSA) is 69.6 Å². The van der Waals surface area contributed by atoms with Gasteiger partial charge in [-0.2, -0.15) is 0 Å². The first-order chi connectivity index (χ1) is 30.2. The van der Waals surface area contributed by atoms with Crippen molar-refractivity contribution in [1.82, 2.24) is 5.32 Å². The summed E-state index contributed by atoms with van der Waals surface area (Å²) in [5.41, 5.74) is 0. The quantitative estimate of drug-likeness (QED) is 0.0422. The van der Waals surface area contributed by atoms with Crippen LogP contribution >= 0.6 is 0 Å². The second kappa shape index (κ2) is 51.9. The van der Waals surface area contributed by atoms with Gasteiger partial charge in [0, 0.05) is 6.42 Å². The summed E-state index contributed by atoms with van der Waals surface area (Å²) in [4.78, 5) is 12.4. The van der Waals surface area contributed by atoms with Gasteiger partial charge in [-0.25, -0.2) is 0 Å². The Morgan fingerprint density at radius 3 is 1.08 bits per heavy atom. The normalized spacial score (nSPS) is 13.6. The summed E-state index contributed by atoms with van der Waals surface area (Å²) in [7, 11) is 0. The lowest BCUT2D eigenvalue weighted by Gasteiger charge is -2.20. The predicted molar refractivity (Wildman–Crippen MR) is 271 cm³/mol. The fraction of sp³-hybridized carbons (Fsp3) is 0.737. The first-order valence-electron chi connectivity index (χ1n) is 26.3. The van der Waals surface area contributed by atoms with E-state index < -0.39 is 12.1 Å². The maximum atomic E-state index is 12.4. The Morgan fingerprint density at radius 1 is 0.410 bits per heavy atom. The number of allylic oxidation sites excluding steroid dienone is 13. The highest BCUT2D eigenvalue weighted by Gasteiger charge is 2.18. The lowest BCUT2D eigenvalue weighted by molar-refractivity contribution is -0.123. The number of hydrogen-bond acceptors (Lipinski definition) is 3. The van der Waals surface area contributed by atoms with Gasteiger partial charge in [0.2, 0.25) is 5.91 Å². The molecular formula is C57H101NO3. The smallest absolute Gasteiger partial charge is 0.220 e. The second-order valence-corrected chi connectivity index (χ2v) is 17.6. The minimum absolute atomic E-state index is 0.0652. The summed E-state index contributed by atoms with van der Waals surface area (Å²) in [6, 6.07) is -0.623. The van der Waals surface area contributed by atoms with Gasteiger partial charge in [0.1, 0.15) is 0 Å². The molecule has 1 amide bonds. The molecule has 0 aliphatic carbocycles. The van der Waals surface area contributed by atoms with Crippen LogP contribution in [0.4, 0.5) is 0 Å². The van der Waals surface area contributed by atoms with Gasteiger partial charge in [0.05, 0.1) is 18.8 Å². The number of aliphatic hydroxyl groups excluding tert-OH is 2. The van der Waals surface area contributed by atoms with Gasteiger partial charge in [-0.15, -0.1) is 0 Å². The van der Waals surface area contributed by atoms with Crippen LogP contribution in [0.5, 0.6) is 0 Å². The third kappa shape index (κ3) is 48.5. The summed E-state index contributed by atoms with van der Waals surface area (Å²) in [6.45, 7) is 4.19. The van der Waals surface area contributed by atoms with E-state index in [2.05, 4.69) is 92.1 Å². The molecule has 352 valence electrons. The Kier molecular flexibility index (Phi) is 49.8. The Balaban J connectivity index is 3.47. The highest BCUT2D eigenvalue weighted by atomic mass is 16.3. The van der Waals surface area contributed by atoms with Crippen molar-refractivity contribution in [2.45, 2.75) is 264 Å². The van der Waals surface area contributed by atoms with Gasteiger partial charge in [0.15, 0.2) is 0 Å². The largest absolute Gasteiger partial charge is 0.394 e. The molecule has 4 nitrogen and oxygen atoms in total. The van der Waals surface area contributed by atoms with E-state index in [1.165, 1.54) is 167 Å². The molecule has 0 spiro atoms. The van der Waals surface area contributed by atoms with Gasteiger partial charge in [0.25, 0.3) is 0 Å². The molecule has 0 saturated heterocycles. The number of carbonyl (C=O) groups is 1. The predicted octanol–water partition coefficient (Wildman–Crippen LogP) is 17.2. The van der Waals surface area contributed by atoms with Gasteiger partial charge >= 0.3 is 0 Å². The molecule has 0 aliphatic heterocycles. The molecule has 0 rings (SSSR count). The van der Waals surface area contributed by atoms with Crippen LogP contribution in [-0.4, -0.2) is 34.9 Å². The lowest BCUT2D eigenvalue weighted by Crippen LogP contribution is -2.45. The molecule has 0 aliphatic rings. The maximum absolute atomic E-state index is 12.4. The molecular weight excluding hydrogens is 747 g/mol. The van der Waals surface area contributed by atoms with Crippen LogP contribution in [0, 0.1) is 0 Å². The SMILES string of the molecule is CC/C=C\C/C=C\C/C=C\C/C=C\C/C=C\C/C=C\CCCCCCCCCCCCCCCCCCCCC(=O)NC(CO)C(O)/C=C/CCCCCCCCCCCC. The second-order valence-electron chi connectivity index (χ2n) is 17.6. The zero-order chi connectivity index (χ0) is 44.2. The number of hydrogen-bond donors (Lipinski definition) is 3. The van der Waals surface area contributed by atoms with Crippen LogP contribution in [0.25, 0.3) is 0 Å². The van der Waals surface area contributed by atoms with E-state index in [9.17, 15) is 15.0 Å². The molecule has 2 unspecified atom stereocenters. The molecule has 0 aromatic carbocycles. The van der Waals surface area contributed by atoms with Crippen LogP contribution in [0.3, 0.4) is 0 Å². The van der Waals surface area contributed by atoms with Crippen molar-refractivity contribution in [1.29, 1.82) is 0 Å². The highest BCUT2D eigenvalue weighted by molar-refractivity contribution is 5.76. The molecule has 61 heavy (non-hydrogen) atoms. The molecule has 0 aromatic rings. The van der Waals surface area contributed by atoms with Crippen molar-refractivity contribution in [2.75, 3.05) is 6.61 Å². The van der Waals surface area contributed by atoms with Crippen molar-refractivity contribution >= 4 is 5.91 Å². The third-order valence-corrected chi connectivity index (χ3v) is 11.6. The van der Waals surface area contributed by atoms with Crippen LogP contribution in [0.2, 0.25) is 0 Å². The molecule has 0 radical (unpaired) electrons. The fourth-order valence-electron chi connectivity index (χ4n) is 7.65. The van der Waals surface area contributed by atoms with Crippen LogP contribution < -0.4 is 5.32 Å². The summed E-state index contributed by atoms with van der Waals surface area (Å²) in [6.07, 6.45) is 75.9. The van der Waals surface area contributed by atoms with Crippen molar-refractivity contribution < 1.29 is 15.0 Å². The number of rotatable bonds is 47. The zero-order valence-corrected chi connectivity index (χ0v) is 40.4. The molecule has 4 heteroatoms. The lowest BCUT2D eigenvalue weighted by atomic mass is 10.0. The number of aliphatic hydroxyl groups is 2. The van der Waals surface area contributed by atoms with Crippen LogP contribution in [-0.2, 0) is 4.79 Å². The van der Waals surface area contributed by atoms with Crippen LogP contribution in [0.15, 0.2) is 85.1 Å². The van der Waals surface area contributed by atoms with Crippen LogP contribution in [0.1, 0.15) is 251 Å². The maximum Gasteiger partial charge on any atom is 0.220 e. The van der Waals surface area contributed by atoms with E-state index in [-0.39, 0.29) is 12.5 Å². The molecule has 2 atom stereocenters. The van der Waals surface area contributed by atoms with E-state index in [1.54, 1.807) is 6.08 Å². The summed E-state index contributed by atoms with van der Waals surface area (Å²) in [5.74, 6) is -0.0652. The van der Waals surface area contributed by atoms with E-state index in [1.807, 2.05) is 6.08 Å². The summed E-state index contributed by atoms with van der Waals surface area (Å²) < 4.78 is 0. The average molecular weight is 848 g/mol. The van der Waals surface area contributed by atoms with Gasteiger partial charge < -0.3 is 15.5 Å². The van der Waals surface area contributed by atoms with E-state index >= 15 is 0 Å². The standard InChI is InChI=1S/C57H101NO3/c1-3-5-7-9-11-13-15-17-18-19-20-21-22-23-24-25-26-27-28-29-30-31-32-33-34-35-36-37-38-39-40-41-43-45-47-49-51-53-57(61)58-55(54-59)56(60)52-50-48-46-44-42-16-14-12-10-8-6-4-2/h5,7,11,13,17-18,20-21,23-24,26-27,50,52,55-56,59-60H,3-4,6,8-10,12,14-16,19,22,25,28-49,51,53-54H2,1-2H3,(H,58,61)/b7-5-,13-11-,18-17-,21-20-,24-23-,27-26-,52-50+. The molecule has 0 saturated carbocycles. The Bertz CT molecular complexity index is 1100. The minimum Gasteiger partial charge on any atom is -0.394 e.